The van der Waals surface area contributed by atoms with Crippen molar-refractivity contribution in [3.63, 3.8) is 0 Å². The van der Waals surface area contributed by atoms with E-state index in [1.807, 2.05) is 6.07 Å². The second-order valence-corrected chi connectivity index (χ2v) is 6.87. The topological polar surface area (TPSA) is 85.6 Å². The second kappa shape index (κ2) is 7.37. The molecule has 0 spiro atoms. The number of pyridine rings is 1. The maximum atomic E-state index is 12.7. The second-order valence-electron chi connectivity index (χ2n) is 5.51. The highest BCUT2D eigenvalue weighted by molar-refractivity contribution is 9.10. The smallest absolute Gasteiger partial charge is 0.282 e. The zero-order chi connectivity index (χ0) is 18.0. The Morgan fingerprint density at radius 2 is 2.20 bits per heavy atom. The third-order valence-corrected chi connectivity index (χ3v) is 4.51. The maximum Gasteiger partial charge on any atom is 0.282 e. The molecule has 0 aliphatic carbocycles. The molecule has 3 rings (SSSR count). The van der Waals surface area contributed by atoms with E-state index in [1.54, 1.807) is 12.3 Å². The molecule has 1 atom stereocenters. The summed E-state index contributed by atoms with van der Waals surface area (Å²) in [6.07, 6.45) is 2.04. The van der Waals surface area contributed by atoms with Crippen molar-refractivity contribution < 1.29 is 14.5 Å². The van der Waals surface area contributed by atoms with Crippen LogP contribution in [-0.4, -0.2) is 39.9 Å². The van der Waals surface area contributed by atoms with E-state index < -0.39 is 10.8 Å². The van der Waals surface area contributed by atoms with Gasteiger partial charge in [-0.15, -0.1) is 0 Å². The number of rotatable bonds is 4. The zero-order valence-electron chi connectivity index (χ0n) is 12.9. The molecule has 9 heteroatoms. The van der Waals surface area contributed by atoms with E-state index in [0.29, 0.717) is 25.4 Å². The first kappa shape index (κ1) is 17.6. The molecule has 0 bridgehead atoms. The Morgan fingerprint density at radius 1 is 1.40 bits per heavy atom. The molecule has 0 saturated carbocycles. The summed E-state index contributed by atoms with van der Waals surface area (Å²) in [5.41, 5.74) is -0.270. The number of carbonyl (C=O) groups is 1. The lowest BCUT2D eigenvalue weighted by molar-refractivity contribution is -0.385. The van der Waals surface area contributed by atoms with E-state index in [0.717, 1.165) is 4.47 Å². The predicted molar refractivity (Wildman–Crippen MR) is 95.0 cm³/mol. The molecule has 1 aliphatic rings. The molecule has 130 valence electrons. The monoisotopic (exact) mass is 425 g/mol. The minimum atomic E-state index is -0.584. The average molecular weight is 427 g/mol. The molecule has 25 heavy (non-hydrogen) atoms. The van der Waals surface area contributed by atoms with Gasteiger partial charge in [0, 0.05) is 40.8 Å². The van der Waals surface area contributed by atoms with E-state index in [4.69, 9.17) is 16.3 Å². The fourth-order valence-electron chi connectivity index (χ4n) is 2.62. The highest BCUT2D eigenvalue weighted by Gasteiger charge is 2.32. The summed E-state index contributed by atoms with van der Waals surface area (Å²) in [5.74, 6) is 0.0419. The Bertz CT molecular complexity index is 816. The van der Waals surface area contributed by atoms with Crippen LogP contribution < -0.4 is 4.74 Å². The van der Waals surface area contributed by atoms with Crippen LogP contribution in [0.1, 0.15) is 16.8 Å². The van der Waals surface area contributed by atoms with Crippen LogP contribution in [0.15, 0.2) is 41.0 Å². The van der Waals surface area contributed by atoms with Crippen molar-refractivity contribution in [2.75, 3.05) is 13.1 Å². The number of benzene rings is 1. The van der Waals surface area contributed by atoms with Crippen LogP contribution in [0.4, 0.5) is 5.69 Å². The Hall–Kier alpha value is -2.19. The van der Waals surface area contributed by atoms with E-state index in [-0.39, 0.29) is 22.4 Å². The third-order valence-electron chi connectivity index (χ3n) is 3.81. The number of amides is 1. The van der Waals surface area contributed by atoms with Crippen molar-refractivity contribution in [2.45, 2.75) is 12.5 Å². The van der Waals surface area contributed by atoms with Crippen molar-refractivity contribution in [1.82, 2.24) is 9.88 Å². The number of nitro benzene ring substituents is 1. The number of likely N-dealkylation sites (tertiary alicyclic amines) is 1. The largest absolute Gasteiger partial charge is 0.472 e. The first-order valence-corrected chi connectivity index (χ1v) is 8.62. The predicted octanol–water partition coefficient (Wildman–Crippen LogP) is 3.70. The van der Waals surface area contributed by atoms with Gasteiger partial charge in [-0.25, -0.2) is 4.98 Å². The van der Waals surface area contributed by atoms with Gasteiger partial charge in [0.25, 0.3) is 11.6 Å². The van der Waals surface area contributed by atoms with Gasteiger partial charge in [-0.05, 0) is 34.1 Å². The molecule has 7 nitrogen and oxygen atoms in total. The van der Waals surface area contributed by atoms with E-state index in [9.17, 15) is 14.9 Å². The highest BCUT2D eigenvalue weighted by Crippen LogP contribution is 2.26. The molecule has 2 aromatic rings. The molecule has 1 fully saturated rings. The van der Waals surface area contributed by atoms with Gasteiger partial charge in [-0.2, -0.15) is 0 Å². The molecule has 0 radical (unpaired) electrons. The first-order chi connectivity index (χ1) is 11.9. The fraction of sp³-hybridized carbons (Fsp3) is 0.250. The van der Waals surface area contributed by atoms with Crippen LogP contribution in [0.5, 0.6) is 5.88 Å². The highest BCUT2D eigenvalue weighted by atomic mass is 79.9. The number of nitro groups is 1. The summed E-state index contributed by atoms with van der Waals surface area (Å²) in [4.78, 5) is 28.9. The number of hydrogen-bond donors (Lipinski definition) is 0. The SMILES string of the molecule is O=C(c1cc(Cl)ccc1[N+](=O)[O-])N1CCC(Oc2ccc(Br)cn2)C1. The molecular formula is C16H13BrClN3O4. The van der Waals surface area contributed by atoms with E-state index in [2.05, 4.69) is 20.9 Å². The van der Waals surface area contributed by atoms with Gasteiger partial charge < -0.3 is 9.64 Å². The third kappa shape index (κ3) is 4.08. The summed E-state index contributed by atoms with van der Waals surface area (Å²) in [6.45, 7) is 0.782. The van der Waals surface area contributed by atoms with Crippen LogP contribution in [0.3, 0.4) is 0 Å². The normalized spacial score (nSPS) is 16.7. The molecule has 1 aromatic heterocycles. The van der Waals surface area contributed by atoms with Crippen molar-refractivity contribution >= 4 is 39.1 Å². The van der Waals surface area contributed by atoms with Crippen LogP contribution in [0.2, 0.25) is 5.02 Å². The van der Waals surface area contributed by atoms with Gasteiger partial charge in [-0.3, -0.25) is 14.9 Å². The Balaban J connectivity index is 1.71. The Morgan fingerprint density at radius 3 is 2.88 bits per heavy atom. The van der Waals surface area contributed by atoms with Gasteiger partial charge in [0.2, 0.25) is 5.88 Å². The molecular weight excluding hydrogens is 414 g/mol. The molecule has 1 saturated heterocycles. The van der Waals surface area contributed by atoms with E-state index >= 15 is 0 Å². The number of halogens is 2. The van der Waals surface area contributed by atoms with Crippen molar-refractivity contribution in [3.05, 3.63) is 61.7 Å². The van der Waals surface area contributed by atoms with Crippen molar-refractivity contribution in [3.8, 4) is 5.88 Å². The molecule has 1 aromatic carbocycles. The first-order valence-electron chi connectivity index (χ1n) is 7.45. The maximum absolute atomic E-state index is 12.7. The van der Waals surface area contributed by atoms with Crippen LogP contribution in [0.25, 0.3) is 0 Å². The van der Waals surface area contributed by atoms with Crippen LogP contribution in [-0.2, 0) is 0 Å². The standard InChI is InChI=1S/C16H13BrClN3O4/c17-10-1-4-15(19-8-10)25-12-5-6-20(9-12)16(22)13-7-11(18)2-3-14(13)21(23)24/h1-4,7-8,12H,5-6,9H2. The average Bonchev–Trinajstić information content (AvgIpc) is 3.04. The summed E-state index contributed by atoms with van der Waals surface area (Å²) in [6, 6.07) is 7.51. The quantitative estimate of drug-likeness (QED) is 0.550. The summed E-state index contributed by atoms with van der Waals surface area (Å²) in [7, 11) is 0. The fourth-order valence-corrected chi connectivity index (χ4v) is 3.03. The van der Waals surface area contributed by atoms with Gasteiger partial charge in [-0.1, -0.05) is 11.6 Å². The Labute approximate surface area is 156 Å². The molecule has 1 amide bonds. The van der Waals surface area contributed by atoms with E-state index in [1.165, 1.54) is 23.1 Å². The summed E-state index contributed by atoms with van der Waals surface area (Å²) < 4.78 is 6.61. The Kier molecular flexibility index (Phi) is 5.19. The number of hydrogen-bond acceptors (Lipinski definition) is 5. The summed E-state index contributed by atoms with van der Waals surface area (Å²) in [5, 5.41) is 11.4. The lowest BCUT2D eigenvalue weighted by Gasteiger charge is -2.17. The number of ether oxygens (including phenoxy) is 1. The molecule has 1 unspecified atom stereocenters. The van der Waals surface area contributed by atoms with Crippen LogP contribution in [0, 0.1) is 10.1 Å². The minimum absolute atomic E-state index is 0.0140. The molecule has 2 heterocycles. The van der Waals surface area contributed by atoms with Crippen molar-refractivity contribution in [2.24, 2.45) is 0 Å². The van der Waals surface area contributed by atoms with Crippen LogP contribution >= 0.6 is 27.5 Å². The molecule has 1 aliphatic heterocycles. The van der Waals surface area contributed by atoms with Gasteiger partial charge >= 0.3 is 0 Å². The number of aromatic nitrogens is 1. The van der Waals surface area contributed by atoms with Gasteiger partial charge in [0.05, 0.1) is 11.5 Å². The minimum Gasteiger partial charge on any atom is -0.472 e. The molecule has 0 N–H and O–H groups in total. The van der Waals surface area contributed by atoms with Gasteiger partial charge in [0.1, 0.15) is 11.7 Å². The lowest BCUT2D eigenvalue weighted by Crippen LogP contribution is -2.31. The lowest BCUT2D eigenvalue weighted by atomic mass is 10.1. The van der Waals surface area contributed by atoms with Gasteiger partial charge in [0.15, 0.2) is 0 Å². The zero-order valence-corrected chi connectivity index (χ0v) is 15.2. The number of nitrogens with zero attached hydrogens (tertiary/aromatic N) is 3. The number of carbonyl (C=O) groups excluding carboxylic acids is 1. The summed E-state index contributed by atoms with van der Waals surface area (Å²) >= 11 is 9.19. The van der Waals surface area contributed by atoms with Crippen molar-refractivity contribution in [1.29, 1.82) is 0 Å².